The smallest absolute Gasteiger partial charge is 0.756 e. The van der Waals surface area contributed by atoms with Crippen LogP contribution in [-0.4, -0.2) is 33.5 Å². The van der Waals surface area contributed by atoms with Gasteiger partial charge in [0.1, 0.15) is 0 Å². The maximum atomic E-state index is 11.2. The zero-order valence-corrected chi connectivity index (χ0v) is 18.9. The Bertz CT molecular complexity index is 205. The molecule has 0 bridgehead atoms. The van der Waals surface area contributed by atoms with Gasteiger partial charge in [-0.25, -0.2) is 0 Å². The number of phosphoric ester groups is 1. The molecular weight excluding hydrogens is 526 g/mol. The van der Waals surface area contributed by atoms with Crippen LogP contribution in [0.15, 0.2) is 0 Å². The molecule has 0 aromatic carbocycles. The van der Waals surface area contributed by atoms with Crippen LogP contribution in [0.1, 0.15) is 0 Å². The van der Waals surface area contributed by atoms with Crippen molar-refractivity contribution >= 4 is 71.5 Å². The first kappa shape index (κ1) is 22.0. The molecule has 0 heterocycles. The Labute approximate surface area is 172 Å². The maximum Gasteiger partial charge on any atom is 1.00 e. The van der Waals surface area contributed by atoms with Crippen LogP contribution in [0.2, 0.25) is 0 Å². The van der Waals surface area contributed by atoms with E-state index in [2.05, 4.69) is 72.8 Å². The molecule has 92 valence electrons. The Morgan fingerprint density at radius 3 is 1.62 bits per heavy atom. The topological polar surface area (TPSA) is 58.6 Å². The van der Waals surface area contributed by atoms with Crippen molar-refractivity contribution < 1.29 is 69.9 Å². The quantitative estimate of drug-likeness (QED) is 0.246. The summed E-state index contributed by atoms with van der Waals surface area (Å²) in [5.41, 5.74) is 0. The summed E-state index contributed by atoms with van der Waals surface area (Å²) in [6, 6.07) is 0. The van der Waals surface area contributed by atoms with Gasteiger partial charge in [-0.3, -0.25) is 4.57 Å². The standard InChI is InChI=1S/C6H11Br4O4P.K/c7-1-5(9)3-13-15(11,12)14-4-6(10)2-8;/h5-6H,1-4H2,(H,11,12);/q;+1/p-1. The van der Waals surface area contributed by atoms with Crippen LogP contribution in [0.5, 0.6) is 0 Å². The zero-order valence-electron chi connectivity index (χ0n) is 8.58. The second-order valence-electron chi connectivity index (χ2n) is 2.54. The Balaban J connectivity index is 0. The van der Waals surface area contributed by atoms with Gasteiger partial charge >= 0.3 is 51.4 Å². The first-order valence-corrected chi connectivity index (χ1v) is 9.45. The molecule has 0 saturated heterocycles. The maximum absolute atomic E-state index is 11.2. The van der Waals surface area contributed by atoms with Crippen LogP contribution < -0.4 is 56.3 Å². The van der Waals surface area contributed by atoms with Gasteiger partial charge in [-0.1, -0.05) is 63.7 Å². The van der Waals surface area contributed by atoms with Gasteiger partial charge in [-0.05, 0) is 0 Å². The molecule has 4 nitrogen and oxygen atoms in total. The molecule has 2 atom stereocenters. The van der Waals surface area contributed by atoms with Crippen molar-refractivity contribution in [2.75, 3.05) is 23.9 Å². The molecule has 10 heteroatoms. The number of phosphoric acid groups is 1. The van der Waals surface area contributed by atoms with Crippen molar-refractivity contribution in [3.8, 4) is 0 Å². The van der Waals surface area contributed by atoms with Crippen molar-refractivity contribution in [3.05, 3.63) is 0 Å². The average Bonchev–Trinajstić information content (AvgIpc) is 2.22. The molecule has 0 radical (unpaired) electrons. The van der Waals surface area contributed by atoms with Gasteiger partial charge in [0, 0.05) is 20.3 Å². The Kier molecular flexibility index (Phi) is 17.0. The van der Waals surface area contributed by atoms with Crippen molar-refractivity contribution in [1.29, 1.82) is 0 Å². The van der Waals surface area contributed by atoms with E-state index in [9.17, 15) is 9.46 Å². The molecular formula is C6H10Br4KO4P. The SMILES string of the molecule is O=P([O-])(OCC(Br)CBr)OCC(Br)CBr.[K+]. The normalized spacial score (nSPS) is 18.3. The van der Waals surface area contributed by atoms with Gasteiger partial charge < -0.3 is 13.9 Å². The predicted molar refractivity (Wildman–Crippen MR) is 72.5 cm³/mol. The second-order valence-corrected chi connectivity index (χ2v) is 7.84. The Morgan fingerprint density at radius 2 is 1.38 bits per heavy atom. The molecule has 0 rings (SSSR count). The van der Waals surface area contributed by atoms with E-state index in [-0.39, 0.29) is 74.3 Å². The van der Waals surface area contributed by atoms with Crippen LogP contribution in [0.25, 0.3) is 0 Å². The van der Waals surface area contributed by atoms with Crippen LogP contribution in [0, 0.1) is 0 Å². The largest absolute Gasteiger partial charge is 1.00 e. The summed E-state index contributed by atoms with van der Waals surface area (Å²) in [5.74, 6) is 0. The Hall–Kier alpha value is 3.67. The van der Waals surface area contributed by atoms with E-state index in [1.165, 1.54) is 0 Å². The van der Waals surface area contributed by atoms with Crippen LogP contribution >= 0.6 is 71.5 Å². The monoisotopic (exact) mass is 532 g/mol. The zero-order chi connectivity index (χ0) is 11.9. The Morgan fingerprint density at radius 1 is 1.06 bits per heavy atom. The van der Waals surface area contributed by atoms with Gasteiger partial charge in [-0.2, -0.15) is 0 Å². The van der Waals surface area contributed by atoms with Gasteiger partial charge in [0.15, 0.2) is 0 Å². The second kappa shape index (κ2) is 12.4. The fourth-order valence-corrected chi connectivity index (χ4v) is 2.32. The van der Waals surface area contributed by atoms with Crippen LogP contribution in [-0.2, 0) is 13.6 Å². The molecule has 0 spiro atoms. The van der Waals surface area contributed by atoms with Crippen LogP contribution in [0.3, 0.4) is 0 Å². The van der Waals surface area contributed by atoms with Gasteiger partial charge in [-0.15, -0.1) is 0 Å². The van der Waals surface area contributed by atoms with E-state index in [0.717, 1.165) is 0 Å². The minimum absolute atomic E-state index is 0. The third-order valence-corrected chi connectivity index (χ3v) is 6.57. The molecule has 0 aliphatic rings. The van der Waals surface area contributed by atoms with E-state index in [0.29, 0.717) is 10.7 Å². The van der Waals surface area contributed by atoms with Gasteiger partial charge in [0.25, 0.3) is 7.82 Å². The summed E-state index contributed by atoms with van der Waals surface area (Å²) in [6.45, 7) is 0.0978. The molecule has 16 heavy (non-hydrogen) atoms. The van der Waals surface area contributed by atoms with E-state index in [1.807, 2.05) is 0 Å². The minimum atomic E-state index is -4.18. The molecule has 0 N–H and O–H groups in total. The third-order valence-electron chi connectivity index (χ3n) is 1.16. The van der Waals surface area contributed by atoms with Crippen molar-refractivity contribution in [2.45, 2.75) is 9.65 Å². The predicted octanol–water partition coefficient (Wildman–Crippen LogP) is -0.191. The fraction of sp³-hybridized carbons (Fsp3) is 1.00. The molecule has 0 aliphatic carbocycles. The first-order valence-electron chi connectivity index (χ1n) is 3.91. The van der Waals surface area contributed by atoms with E-state index >= 15 is 0 Å². The van der Waals surface area contributed by atoms with E-state index in [4.69, 9.17) is 0 Å². The molecule has 0 aromatic rings. The number of hydrogen-bond acceptors (Lipinski definition) is 4. The number of halogens is 4. The van der Waals surface area contributed by atoms with Crippen molar-refractivity contribution in [1.82, 2.24) is 0 Å². The first-order chi connectivity index (χ1) is 6.91. The average molecular weight is 536 g/mol. The van der Waals surface area contributed by atoms with E-state index < -0.39 is 7.82 Å². The summed E-state index contributed by atoms with van der Waals surface area (Å²) in [7, 11) is -4.18. The minimum Gasteiger partial charge on any atom is -0.756 e. The number of rotatable bonds is 8. The van der Waals surface area contributed by atoms with Gasteiger partial charge in [0.05, 0.1) is 13.2 Å². The fourth-order valence-electron chi connectivity index (χ4n) is 0.471. The van der Waals surface area contributed by atoms with Gasteiger partial charge in [0.2, 0.25) is 0 Å². The van der Waals surface area contributed by atoms with Crippen LogP contribution in [0.4, 0.5) is 0 Å². The molecule has 0 aromatic heterocycles. The van der Waals surface area contributed by atoms with Crippen molar-refractivity contribution in [3.63, 3.8) is 0 Å². The summed E-state index contributed by atoms with van der Waals surface area (Å²) in [6.07, 6.45) is 0. The number of hydrogen-bond donors (Lipinski definition) is 0. The van der Waals surface area contributed by atoms with Crippen molar-refractivity contribution in [2.24, 2.45) is 0 Å². The molecule has 0 saturated carbocycles. The third kappa shape index (κ3) is 12.7. The summed E-state index contributed by atoms with van der Waals surface area (Å²) in [5, 5.41) is 1.21. The number of alkyl halides is 4. The summed E-state index contributed by atoms with van der Waals surface area (Å²) >= 11 is 12.8. The molecule has 0 aliphatic heterocycles. The summed E-state index contributed by atoms with van der Waals surface area (Å²) < 4.78 is 20.5. The molecule has 2 unspecified atom stereocenters. The molecule has 0 fully saturated rings. The van der Waals surface area contributed by atoms with E-state index in [1.54, 1.807) is 0 Å². The molecule has 0 amide bonds. The summed E-state index contributed by atoms with van der Waals surface area (Å²) in [4.78, 5) is 11.1.